The van der Waals surface area contributed by atoms with Crippen LogP contribution in [0.4, 0.5) is 0 Å². The number of ether oxygens (including phenoxy) is 1. The van der Waals surface area contributed by atoms with E-state index in [1.807, 2.05) is 51.1 Å². The fraction of sp³-hybridized carbons (Fsp3) is 0.391. The largest absolute Gasteiger partial charge is 0.494 e. The molecule has 26 heavy (non-hydrogen) atoms. The van der Waals surface area contributed by atoms with Crippen LogP contribution in [0.2, 0.25) is 0 Å². The highest BCUT2D eigenvalue weighted by Crippen LogP contribution is 2.22. The Morgan fingerprint density at radius 2 is 1.42 bits per heavy atom. The zero-order valence-corrected chi connectivity index (χ0v) is 16.0. The molecule has 0 heterocycles. The van der Waals surface area contributed by atoms with Crippen LogP contribution in [0.15, 0.2) is 48.5 Å². The van der Waals surface area contributed by atoms with E-state index in [9.17, 15) is 9.59 Å². The van der Waals surface area contributed by atoms with Crippen molar-refractivity contribution in [1.82, 2.24) is 0 Å². The van der Waals surface area contributed by atoms with Gasteiger partial charge in [-0.15, -0.1) is 0 Å². The molecule has 2 aromatic rings. The Bertz CT molecular complexity index is 715. The Morgan fingerprint density at radius 3 is 2.00 bits per heavy atom. The molecule has 0 radical (unpaired) electrons. The first-order valence-electron chi connectivity index (χ1n) is 9.42. The minimum absolute atomic E-state index is 0.0339. The molecule has 0 atom stereocenters. The summed E-state index contributed by atoms with van der Waals surface area (Å²) in [5.74, 6) is 0.480. The minimum Gasteiger partial charge on any atom is -0.494 e. The first-order chi connectivity index (χ1) is 12.6. The Balaban J connectivity index is 2.10. The quantitative estimate of drug-likeness (QED) is 0.577. The summed E-state index contributed by atoms with van der Waals surface area (Å²) in [5, 5.41) is 0. The molecule has 0 aliphatic rings. The number of hydrogen-bond acceptors (Lipinski definition) is 3. The number of benzene rings is 2. The Hall–Kier alpha value is -2.42. The molecule has 138 valence electrons. The van der Waals surface area contributed by atoms with Gasteiger partial charge >= 0.3 is 0 Å². The van der Waals surface area contributed by atoms with Crippen LogP contribution < -0.4 is 4.74 Å². The predicted molar refractivity (Wildman–Crippen MR) is 105 cm³/mol. The SMILES string of the molecule is CCOc1ccccc1Cc1ccc(CC(C(=O)CC)C(=O)CC)cc1. The third-order valence-corrected chi connectivity index (χ3v) is 4.60. The predicted octanol–water partition coefficient (Wildman–Crippen LogP) is 4.79. The highest BCUT2D eigenvalue weighted by atomic mass is 16.5. The van der Waals surface area contributed by atoms with E-state index >= 15 is 0 Å². The third kappa shape index (κ3) is 5.29. The number of rotatable bonds is 10. The molecule has 0 aliphatic heterocycles. The second kappa shape index (κ2) is 9.91. The summed E-state index contributed by atoms with van der Waals surface area (Å²) in [4.78, 5) is 24.2. The van der Waals surface area contributed by atoms with Crippen molar-refractivity contribution < 1.29 is 14.3 Å². The number of hydrogen-bond donors (Lipinski definition) is 0. The summed E-state index contributed by atoms with van der Waals surface area (Å²) in [6.45, 7) is 6.26. The minimum atomic E-state index is -0.505. The van der Waals surface area contributed by atoms with E-state index in [1.165, 1.54) is 5.56 Å². The van der Waals surface area contributed by atoms with Crippen molar-refractivity contribution in [3.8, 4) is 5.75 Å². The molecule has 0 saturated carbocycles. The molecule has 0 saturated heterocycles. The maximum atomic E-state index is 12.1. The molecule has 2 aromatic carbocycles. The van der Waals surface area contributed by atoms with Crippen LogP contribution >= 0.6 is 0 Å². The van der Waals surface area contributed by atoms with Gasteiger partial charge in [0.1, 0.15) is 17.3 Å². The van der Waals surface area contributed by atoms with E-state index in [-0.39, 0.29) is 11.6 Å². The molecule has 0 unspecified atom stereocenters. The highest BCUT2D eigenvalue weighted by Gasteiger charge is 2.23. The summed E-state index contributed by atoms with van der Waals surface area (Å²) in [6, 6.07) is 16.3. The number of carbonyl (C=O) groups is 2. The Kier molecular flexibility index (Phi) is 7.58. The van der Waals surface area contributed by atoms with Crippen molar-refractivity contribution in [2.75, 3.05) is 6.61 Å². The van der Waals surface area contributed by atoms with Crippen LogP contribution in [-0.2, 0) is 22.4 Å². The molecule has 0 aromatic heterocycles. The molecular formula is C23H28O3. The van der Waals surface area contributed by atoms with E-state index < -0.39 is 5.92 Å². The lowest BCUT2D eigenvalue weighted by Crippen LogP contribution is -2.25. The first-order valence-corrected chi connectivity index (χ1v) is 9.42. The Labute approximate surface area is 156 Å². The van der Waals surface area contributed by atoms with Gasteiger partial charge in [0, 0.05) is 19.3 Å². The first kappa shape index (κ1) is 19.9. The van der Waals surface area contributed by atoms with Gasteiger partial charge in [0.15, 0.2) is 0 Å². The van der Waals surface area contributed by atoms with Gasteiger partial charge in [-0.1, -0.05) is 56.3 Å². The lowest BCUT2D eigenvalue weighted by atomic mass is 9.88. The van der Waals surface area contributed by atoms with Crippen molar-refractivity contribution in [3.63, 3.8) is 0 Å². The van der Waals surface area contributed by atoms with Crippen LogP contribution in [0.5, 0.6) is 5.75 Å². The summed E-state index contributed by atoms with van der Waals surface area (Å²) < 4.78 is 5.69. The zero-order valence-electron chi connectivity index (χ0n) is 16.0. The molecule has 0 bridgehead atoms. The van der Waals surface area contributed by atoms with Gasteiger partial charge in [0.05, 0.1) is 12.5 Å². The lowest BCUT2D eigenvalue weighted by Gasteiger charge is -2.14. The topological polar surface area (TPSA) is 43.4 Å². The second-order valence-electron chi connectivity index (χ2n) is 6.43. The van der Waals surface area contributed by atoms with Gasteiger partial charge in [0.2, 0.25) is 0 Å². The number of carbonyl (C=O) groups excluding carboxylic acids is 2. The zero-order chi connectivity index (χ0) is 18.9. The Morgan fingerprint density at radius 1 is 0.846 bits per heavy atom. The second-order valence-corrected chi connectivity index (χ2v) is 6.43. The van der Waals surface area contributed by atoms with E-state index in [2.05, 4.69) is 18.2 Å². The average Bonchev–Trinajstić information content (AvgIpc) is 2.68. The van der Waals surface area contributed by atoms with Crippen LogP contribution in [0.25, 0.3) is 0 Å². The lowest BCUT2D eigenvalue weighted by molar-refractivity contribution is -0.132. The fourth-order valence-corrected chi connectivity index (χ4v) is 3.10. The summed E-state index contributed by atoms with van der Waals surface area (Å²) in [6.07, 6.45) is 2.10. The van der Waals surface area contributed by atoms with Crippen molar-refractivity contribution in [2.24, 2.45) is 5.92 Å². The summed E-state index contributed by atoms with van der Waals surface area (Å²) in [5.41, 5.74) is 3.36. The smallest absolute Gasteiger partial charge is 0.143 e. The molecule has 0 N–H and O–H groups in total. The summed E-state index contributed by atoms with van der Waals surface area (Å²) in [7, 11) is 0. The van der Waals surface area contributed by atoms with E-state index in [0.717, 1.165) is 23.3 Å². The van der Waals surface area contributed by atoms with Crippen molar-refractivity contribution >= 4 is 11.6 Å². The number of para-hydroxylation sites is 1. The monoisotopic (exact) mass is 352 g/mol. The van der Waals surface area contributed by atoms with Gasteiger partial charge in [0.25, 0.3) is 0 Å². The van der Waals surface area contributed by atoms with Gasteiger partial charge < -0.3 is 4.74 Å². The normalized spacial score (nSPS) is 10.8. The molecule has 3 heteroatoms. The van der Waals surface area contributed by atoms with Crippen molar-refractivity contribution in [3.05, 3.63) is 65.2 Å². The van der Waals surface area contributed by atoms with Crippen LogP contribution in [0, 0.1) is 5.92 Å². The van der Waals surface area contributed by atoms with Gasteiger partial charge in [-0.2, -0.15) is 0 Å². The molecule has 0 aliphatic carbocycles. The molecule has 0 spiro atoms. The molecular weight excluding hydrogens is 324 g/mol. The van der Waals surface area contributed by atoms with Crippen LogP contribution in [-0.4, -0.2) is 18.2 Å². The van der Waals surface area contributed by atoms with Gasteiger partial charge in [-0.3, -0.25) is 9.59 Å². The van der Waals surface area contributed by atoms with Gasteiger partial charge in [-0.05, 0) is 36.1 Å². The third-order valence-electron chi connectivity index (χ3n) is 4.60. The van der Waals surface area contributed by atoms with Crippen molar-refractivity contribution in [1.29, 1.82) is 0 Å². The maximum Gasteiger partial charge on any atom is 0.143 e. The number of Topliss-reactive ketones (excluding diaryl/α,β-unsaturated/α-hetero) is 2. The average molecular weight is 352 g/mol. The standard InChI is InChI=1S/C23H28O3/c1-4-21(24)20(22(25)5-2)16-18-13-11-17(12-14-18)15-19-9-7-8-10-23(19)26-6-3/h7-14,20H,4-6,15-16H2,1-3H3. The van der Waals surface area contributed by atoms with Gasteiger partial charge in [-0.25, -0.2) is 0 Å². The van der Waals surface area contributed by atoms with Crippen LogP contribution in [0.1, 0.15) is 50.3 Å². The maximum absolute atomic E-state index is 12.1. The molecule has 3 nitrogen and oxygen atoms in total. The molecule has 2 rings (SSSR count). The fourth-order valence-electron chi connectivity index (χ4n) is 3.10. The van der Waals surface area contributed by atoms with E-state index in [1.54, 1.807) is 0 Å². The van der Waals surface area contributed by atoms with Crippen molar-refractivity contribution in [2.45, 2.75) is 46.5 Å². The van der Waals surface area contributed by atoms with E-state index in [0.29, 0.717) is 25.9 Å². The van der Waals surface area contributed by atoms with E-state index in [4.69, 9.17) is 4.74 Å². The van der Waals surface area contributed by atoms with Crippen LogP contribution in [0.3, 0.4) is 0 Å². The number of ketones is 2. The molecule has 0 amide bonds. The highest BCUT2D eigenvalue weighted by molar-refractivity contribution is 6.02. The molecule has 0 fully saturated rings. The summed E-state index contributed by atoms with van der Waals surface area (Å²) >= 11 is 0.